The zero-order valence-corrected chi connectivity index (χ0v) is 16.5. The minimum absolute atomic E-state index is 0.112. The summed E-state index contributed by atoms with van der Waals surface area (Å²) in [6, 6.07) is 5.80. The van der Waals surface area contributed by atoms with Crippen molar-refractivity contribution in [2.75, 3.05) is 0 Å². The second-order valence-corrected chi connectivity index (χ2v) is 7.34. The number of rotatable bonds is 4. The van der Waals surface area contributed by atoms with E-state index in [1.54, 1.807) is 12.1 Å². The molecule has 6 nitrogen and oxygen atoms in total. The zero-order chi connectivity index (χ0) is 22.4. The van der Waals surface area contributed by atoms with Gasteiger partial charge in [-0.2, -0.15) is 13.2 Å². The first-order valence-corrected chi connectivity index (χ1v) is 9.08. The van der Waals surface area contributed by atoms with Crippen molar-refractivity contribution in [2.45, 2.75) is 39.4 Å². The molecule has 9 heteroatoms. The smallest absolute Gasteiger partial charge is 0.423 e. The van der Waals surface area contributed by atoms with Crippen LogP contribution in [-0.2, 0) is 12.7 Å². The van der Waals surface area contributed by atoms with E-state index in [0.717, 1.165) is 23.3 Å². The molecule has 3 rings (SSSR count). The lowest BCUT2D eigenvalue weighted by Gasteiger charge is -2.18. The molecular formula is C21H19F3N2O4. The third kappa shape index (κ3) is 3.87. The molecule has 0 aliphatic carbocycles. The third-order valence-corrected chi connectivity index (χ3v) is 4.90. The van der Waals surface area contributed by atoms with Gasteiger partial charge in [0.05, 0.1) is 6.54 Å². The lowest BCUT2D eigenvalue weighted by molar-refractivity contribution is -0.144. The summed E-state index contributed by atoms with van der Waals surface area (Å²) in [5.74, 6) is -1.03. The lowest BCUT2D eigenvalue weighted by Crippen LogP contribution is -2.34. The molecule has 0 spiro atoms. The van der Waals surface area contributed by atoms with Gasteiger partial charge in [-0.1, -0.05) is 13.8 Å². The summed E-state index contributed by atoms with van der Waals surface area (Å²) in [7, 11) is 0. The molecule has 0 unspecified atom stereocenters. The summed E-state index contributed by atoms with van der Waals surface area (Å²) < 4.78 is 46.2. The van der Waals surface area contributed by atoms with E-state index in [4.69, 9.17) is 10.2 Å². The van der Waals surface area contributed by atoms with Gasteiger partial charge in [0.15, 0.2) is 0 Å². The number of aryl methyl sites for hydroxylation is 1. The predicted molar refractivity (Wildman–Crippen MR) is 105 cm³/mol. The van der Waals surface area contributed by atoms with Crippen LogP contribution in [0.15, 0.2) is 44.3 Å². The Morgan fingerprint density at radius 2 is 1.83 bits per heavy atom. The number of nitrogens with zero attached hydrogens (tertiary/aromatic N) is 1. The van der Waals surface area contributed by atoms with E-state index in [1.165, 1.54) is 0 Å². The Hall–Kier alpha value is -3.36. The molecular weight excluding hydrogens is 401 g/mol. The zero-order valence-electron chi connectivity index (χ0n) is 16.5. The van der Waals surface area contributed by atoms with Gasteiger partial charge in [-0.15, -0.1) is 0 Å². The standard InChI is InChI=1S/C21H19F3N2O4/c1-10(2)14-8-15-12(7-18(27)30-16(15)6-11(14)3)9-26-17(21(22,23)24)5-4-13(19(25)28)20(26)29/h4-8,10H,9H2,1-3H3,(H2,25,28). The van der Waals surface area contributed by atoms with Crippen molar-refractivity contribution in [1.29, 1.82) is 0 Å². The van der Waals surface area contributed by atoms with Gasteiger partial charge in [-0.3, -0.25) is 14.2 Å². The van der Waals surface area contributed by atoms with E-state index in [-0.39, 0.29) is 17.1 Å². The summed E-state index contributed by atoms with van der Waals surface area (Å²) in [5, 5.41) is 0.411. The highest BCUT2D eigenvalue weighted by Gasteiger charge is 2.35. The molecule has 0 atom stereocenters. The fourth-order valence-electron chi connectivity index (χ4n) is 3.48. The summed E-state index contributed by atoms with van der Waals surface area (Å²) in [6.45, 7) is 5.16. The SMILES string of the molecule is Cc1cc2oc(=O)cc(Cn3c(C(F)(F)F)ccc(C(N)=O)c3=O)c2cc1C(C)C. The number of amides is 1. The van der Waals surface area contributed by atoms with Gasteiger partial charge in [-0.25, -0.2) is 4.79 Å². The van der Waals surface area contributed by atoms with Crippen LogP contribution in [0.5, 0.6) is 0 Å². The Morgan fingerprint density at radius 1 is 1.17 bits per heavy atom. The molecule has 0 bridgehead atoms. The van der Waals surface area contributed by atoms with Crippen LogP contribution in [0.25, 0.3) is 11.0 Å². The molecule has 30 heavy (non-hydrogen) atoms. The van der Waals surface area contributed by atoms with Crippen molar-refractivity contribution in [3.63, 3.8) is 0 Å². The second-order valence-electron chi connectivity index (χ2n) is 7.34. The highest BCUT2D eigenvalue weighted by atomic mass is 19.4. The molecule has 0 saturated carbocycles. The van der Waals surface area contributed by atoms with Crippen molar-refractivity contribution in [3.05, 3.63) is 79.1 Å². The second kappa shape index (κ2) is 7.47. The highest BCUT2D eigenvalue weighted by molar-refractivity contribution is 5.92. The first-order valence-electron chi connectivity index (χ1n) is 9.08. The molecule has 0 aliphatic rings. The van der Waals surface area contributed by atoms with Crippen LogP contribution in [0.4, 0.5) is 13.2 Å². The van der Waals surface area contributed by atoms with Crippen LogP contribution in [-0.4, -0.2) is 10.5 Å². The Bertz CT molecular complexity index is 1270. The maximum absolute atomic E-state index is 13.5. The van der Waals surface area contributed by atoms with Gasteiger partial charge in [0.25, 0.3) is 11.5 Å². The summed E-state index contributed by atoms with van der Waals surface area (Å²) in [4.78, 5) is 36.1. The Kier molecular flexibility index (Phi) is 5.32. The van der Waals surface area contributed by atoms with E-state index in [2.05, 4.69) is 0 Å². The van der Waals surface area contributed by atoms with E-state index in [0.29, 0.717) is 16.0 Å². The number of hydrogen-bond donors (Lipinski definition) is 1. The number of pyridine rings is 1. The summed E-state index contributed by atoms with van der Waals surface area (Å²) in [6.07, 6.45) is -4.86. The number of hydrogen-bond acceptors (Lipinski definition) is 4. The van der Waals surface area contributed by atoms with Crippen molar-refractivity contribution in [2.24, 2.45) is 5.73 Å². The number of benzene rings is 1. The summed E-state index contributed by atoms with van der Waals surface area (Å²) >= 11 is 0. The lowest BCUT2D eigenvalue weighted by atomic mass is 9.95. The van der Waals surface area contributed by atoms with Gasteiger partial charge in [0.2, 0.25) is 0 Å². The summed E-state index contributed by atoms with van der Waals surface area (Å²) in [5.41, 5.74) is 3.50. The van der Waals surface area contributed by atoms with Gasteiger partial charge in [0, 0.05) is 11.5 Å². The normalized spacial score (nSPS) is 12.0. The quantitative estimate of drug-likeness (QED) is 0.653. The predicted octanol–water partition coefficient (Wildman–Crippen LogP) is 3.55. The number of alkyl halides is 3. The number of aromatic nitrogens is 1. The molecule has 1 aromatic carbocycles. The number of carbonyl (C=O) groups is 1. The average molecular weight is 420 g/mol. The van der Waals surface area contributed by atoms with Crippen LogP contribution in [0, 0.1) is 6.92 Å². The number of nitrogens with two attached hydrogens (primary N) is 1. The first kappa shape index (κ1) is 21.4. The molecule has 0 fully saturated rings. The average Bonchev–Trinajstić information content (AvgIpc) is 2.60. The largest absolute Gasteiger partial charge is 0.431 e. The molecule has 2 aromatic heterocycles. The molecule has 0 radical (unpaired) electrons. The molecule has 0 aliphatic heterocycles. The van der Waals surface area contributed by atoms with Crippen LogP contribution in [0.2, 0.25) is 0 Å². The van der Waals surface area contributed by atoms with Crippen molar-refractivity contribution >= 4 is 16.9 Å². The highest BCUT2D eigenvalue weighted by Crippen LogP contribution is 2.31. The fourth-order valence-corrected chi connectivity index (χ4v) is 3.48. The van der Waals surface area contributed by atoms with Crippen molar-refractivity contribution < 1.29 is 22.4 Å². The van der Waals surface area contributed by atoms with E-state index in [1.807, 2.05) is 20.8 Å². The molecule has 3 aromatic rings. The maximum Gasteiger partial charge on any atom is 0.431 e. The monoisotopic (exact) mass is 420 g/mol. The minimum atomic E-state index is -4.86. The molecule has 2 N–H and O–H groups in total. The Labute approximate surface area is 168 Å². The topological polar surface area (TPSA) is 95.3 Å². The number of halogens is 3. The van der Waals surface area contributed by atoms with Crippen LogP contribution in [0.1, 0.15) is 52.5 Å². The molecule has 158 valence electrons. The Morgan fingerprint density at radius 3 is 2.40 bits per heavy atom. The van der Waals surface area contributed by atoms with Crippen LogP contribution >= 0.6 is 0 Å². The number of carbonyl (C=O) groups excluding carboxylic acids is 1. The van der Waals surface area contributed by atoms with Gasteiger partial charge < -0.3 is 10.2 Å². The molecule has 0 saturated heterocycles. The van der Waals surface area contributed by atoms with E-state index in [9.17, 15) is 27.6 Å². The van der Waals surface area contributed by atoms with Crippen molar-refractivity contribution in [1.82, 2.24) is 4.57 Å². The van der Waals surface area contributed by atoms with Crippen LogP contribution in [0.3, 0.4) is 0 Å². The van der Waals surface area contributed by atoms with E-state index < -0.39 is 41.1 Å². The van der Waals surface area contributed by atoms with Gasteiger partial charge in [-0.05, 0) is 53.8 Å². The molecule has 1 amide bonds. The number of primary amides is 1. The number of fused-ring (bicyclic) bond motifs is 1. The van der Waals surface area contributed by atoms with Crippen molar-refractivity contribution in [3.8, 4) is 0 Å². The fraction of sp³-hybridized carbons (Fsp3) is 0.286. The van der Waals surface area contributed by atoms with Gasteiger partial charge in [0.1, 0.15) is 16.8 Å². The maximum atomic E-state index is 13.5. The first-order chi connectivity index (χ1) is 13.9. The van der Waals surface area contributed by atoms with Crippen LogP contribution < -0.4 is 16.9 Å². The Balaban J connectivity index is 2.32. The molecule has 2 heterocycles. The van der Waals surface area contributed by atoms with Gasteiger partial charge >= 0.3 is 11.8 Å². The minimum Gasteiger partial charge on any atom is -0.423 e. The van der Waals surface area contributed by atoms with E-state index >= 15 is 0 Å². The third-order valence-electron chi connectivity index (χ3n) is 4.90.